The number of hydrogen-bond donors (Lipinski definition) is 2. The molecule has 13 heteroatoms. The number of imidazole rings is 1. The lowest BCUT2D eigenvalue weighted by molar-refractivity contribution is -0.123. The summed E-state index contributed by atoms with van der Waals surface area (Å²) in [5, 5.41) is 3.70. The number of halogens is 2. The Hall–Kier alpha value is -4.10. The lowest BCUT2D eigenvalue weighted by Gasteiger charge is -2.36. The summed E-state index contributed by atoms with van der Waals surface area (Å²) in [6.07, 6.45) is 0.826. The summed E-state index contributed by atoms with van der Waals surface area (Å²) in [5.74, 6) is -2.71. The molecule has 3 aromatic heterocycles. The number of piperidine rings is 1. The van der Waals surface area contributed by atoms with E-state index in [0.29, 0.717) is 57.9 Å². The van der Waals surface area contributed by atoms with Crippen LogP contribution in [-0.2, 0) is 23.1 Å². The zero-order chi connectivity index (χ0) is 35.7. The molecule has 1 saturated carbocycles. The Bertz CT molecular complexity index is 1980. The number of carbonyl (C=O) groups is 2. The first-order valence-corrected chi connectivity index (χ1v) is 16.1. The van der Waals surface area contributed by atoms with E-state index in [9.17, 15) is 9.59 Å². The number of fused-ring (bicyclic) bond motifs is 3. The maximum absolute atomic E-state index is 15.7. The number of likely N-dealkylation sites (tertiary alicyclic amines) is 1. The average molecular weight is 653 g/mol. The fourth-order valence-electron chi connectivity index (χ4n) is 7.24. The number of nitrogens with two attached hydrogens (primary N) is 1. The number of hydrogen-bond acceptors (Lipinski definition) is 7. The van der Waals surface area contributed by atoms with Crippen LogP contribution in [0.2, 0.25) is 0 Å². The van der Waals surface area contributed by atoms with Gasteiger partial charge in [0.1, 0.15) is 16.9 Å². The van der Waals surface area contributed by atoms with E-state index in [1.807, 2.05) is 13.0 Å². The number of aromatic nitrogens is 4. The van der Waals surface area contributed by atoms with E-state index in [4.69, 9.17) is 29.3 Å². The van der Waals surface area contributed by atoms with Gasteiger partial charge in [-0.15, -0.1) is 0 Å². The van der Waals surface area contributed by atoms with E-state index in [-0.39, 0.29) is 55.1 Å². The highest BCUT2D eigenvalue weighted by Gasteiger charge is 2.43. The normalized spacial score (nSPS) is 27.4. The molecule has 1 aliphatic carbocycles. The van der Waals surface area contributed by atoms with Crippen molar-refractivity contribution in [1.82, 2.24) is 29.3 Å². The van der Waals surface area contributed by atoms with Crippen LogP contribution >= 0.6 is 0 Å². The smallest absolute Gasteiger partial charge is 0.265 e. The van der Waals surface area contributed by atoms with Gasteiger partial charge in [-0.05, 0) is 68.9 Å². The number of carbonyl (C=O) groups excluding carboxylic acids is 2. The van der Waals surface area contributed by atoms with Crippen molar-refractivity contribution in [2.75, 3.05) is 27.2 Å². The molecule has 4 aromatic rings. The first kappa shape index (κ1) is 28.0. The molecule has 1 aromatic carbocycles. The molecule has 2 bridgehead atoms. The molecular formula is C34H41F2N7O4. The highest BCUT2D eigenvalue weighted by Crippen LogP contribution is 2.44. The second-order valence-corrected chi connectivity index (χ2v) is 13.2. The summed E-state index contributed by atoms with van der Waals surface area (Å²) in [6, 6.07) is 7.54. The Balaban J connectivity index is 1.26. The van der Waals surface area contributed by atoms with E-state index >= 15 is 8.78 Å². The van der Waals surface area contributed by atoms with Crippen molar-refractivity contribution in [2.24, 2.45) is 24.6 Å². The Morgan fingerprint density at radius 1 is 1.21 bits per heavy atom. The average Bonchev–Trinajstić information content (AvgIpc) is 3.64. The molecule has 7 rings (SSSR count). The maximum atomic E-state index is 15.7. The minimum Gasteiger partial charge on any atom is -0.494 e. The number of methoxy groups -OCH3 is 2. The molecular weight excluding hydrogens is 608 g/mol. The van der Waals surface area contributed by atoms with Gasteiger partial charge in [-0.2, -0.15) is 0 Å². The fourth-order valence-corrected chi connectivity index (χ4v) is 7.24. The van der Waals surface area contributed by atoms with Crippen molar-refractivity contribution in [2.45, 2.75) is 69.7 Å². The molecule has 11 nitrogen and oxygen atoms in total. The Morgan fingerprint density at radius 2 is 2.04 bits per heavy atom. The third kappa shape index (κ3) is 5.73. The summed E-state index contributed by atoms with van der Waals surface area (Å²) in [4.78, 5) is 37.8. The minimum atomic E-state index is -3.05. The van der Waals surface area contributed by atoms with Crippen molar-refractivity contribution >= 4 is 33.9 Å². The van der Waals surface area contributed by atoms with Crippen molar-refractivity contribution in [3.63, 3.8) is 0 Å². The number of amides is 2. The van der Waals surface area contributed by atoms with Crippen LogP contribution in [0, 0.1) is 11.8 Å². The molecule has 47 heavy (non-hydrogen) atoms. The summed E-state index contributed by atoms with van der Waals surface area (Å²) in [7, 11) is 0.649. The van der Waals surface area contributed by atoms with Gasteiger partial charge in [0, 0.05) is 56.5 Å². The molecule has 0 radical (unpaired) electrons. The van der Waals surface area contributed by atoms with E-state index in [1.165, 1.54) is 11.7 Å². The van der Waals surface area contributed by atoms with E-state index < -0.39 is 37.7 Å². The number of rotatable bonds is 4. The van der Waals surface area contributed by atoms with Crippen LogP contribution < -0.4 is 15.8 Å². The predicted octanol–water partition coefficient (Wildman–Crippen LogP) is 4.42. The summed E-state index contributed by atoms with van der Waals surface area (Å²) in [6.45, 7) is 1.58. The number of benzene rings is 1. The molecule has 1 saturated heterocycles. The van der Waals surface area contributed by atoms with Crippen LogP contribution in [0.1, 0.15) is 65.2 Å². The van der Waals surface area contributed by atoms with Crippen LogP contribution in [0.15, 0.2) is 30.3 Å². The monoisotopic (exact) mass is 652 g/mol. The molecule has 3 N–H and O–H groups in total. The number of aryl methyl sites for hydroxylation is 1. The number of pyridine rings is 1. The Morgan fingerprint density at radius 3 is 2.81 bits per heavy atom. The largest absolute Gasteiger partial charge is 0.494 e. The van der Waals surface area contributed by atoms with Gasteiger partial charge in [0.05, 0.1) is 46.8 Å². The van der Waals surface area contributed by atoms with E-state index in [1.54, 1.807) is 40.8 Å². The molecule has 0 spiro atoms. The molecule has 250 valence electrons. The molecule has 2 aliphatic heterocycles. The Labute approximate surface area is 275 Å². The van der Waals surface area contributed by atoms with Crippen LogP contribution in [0.4, 0.5) is 8.78 Å². The standard InChI is InChI=1S/C34H41F2N7O4/c1-18-24-8-7-20-14-26(43(30(20)39-24)17-34(35,36)10-5-6-19-12-22(19)32(44)38-18)31-40-25-13-21(15-28(47-4)29(25)41(31)2)33(45)42-11-9-27(46-3)23(37)16-42/h7-8,13-15,18-19,22-23,27H,5-6,9-12,16-17,37H2,1-4H3,(H,38,44)/t18-,19-,22-,23+,27-/m1/s1/i3D3. The topological polar surface area (TPSA) is 130 Å². The number of ether oxygens (including phenoxy) is 2. The molecule has 5 heterocycles. The van der Waals surface area contributed by atoms with Crippen LogP contribution in [0.25, 0.3) is 33.6 Å². The van der Waals surface area contributed by atoms with Crippen LogP contribution in [-0.4, -0.2) is 81.1 Å². The maximum Gasteiger partial charge on any atom is 0.265 e. The number of nitrogens with zero attached hydrogens (tertiary/aromatic N) is 5. The lowest BCUT2D eigenvalue weighted by atomic mass is 10.0. The van der Waals surface area contributed by atoms with Gasteiger partial charge in [0.25, 0.3) is 11.8 Å². The second kappa shape index (κ2) is 11.9. The van der Waals surface area contributed by atoms with E-state index in [0.717, 1.165) is 6.42 Å². The zero-order valence-corrected chi connectivity index (χ0v) is 26.6. The third-order valence-corrected chi connectivity index (χ3v) is 10.00. The number of nitrogens with one attached hydrogen (secondary N) is 1. The van der Waals surface area contributed by atoms with Crippen molar-refractivity contribution in [1.29, 1.82) is 0 Å². The highest BCUT2D eigenvalue weighted by molar-refractivity contribution is 6.00. The second-order valence-electron chi connectivity index (χ2n) is 13.2. The van der Waals surface area contributed by atoms with Gasteiger partial charge in [-0.25, -0.2) is 18.7 Å². The van der Waals surface area contributed by atoms with Crippen molar-refractivity contribution in [3.8, 4) is 17.3 Å². The molecule has 2 amide bonds. The lowest BCUT2D eigenvalue weighted by Crippen LogP contribution is -2.53. The molecule has 2 fully saturated rings. The summed E-state index contributed by atoms with van der Waals surface area (Å²) < 4.78 is 67.8. The van der Waals surface area contributed by atoms with Gasteiger partial charge < -0.3 is 34.6 Å². The van der Waals surface area contributed by atoms with Gasteiger partial charge in [0.2, 0.25) is 5.91 Å². The van der Waals surface area contributed by atoms with Gasteiger partial charge in [-0.1, -0.05) is 0 Å². The fraction of sp³-hybridized carbons (Fsp3) is 0.529. The Kier molecular flexibility index (Phi) is 7.05. The van der Waals surface area contributed by atoms with Crippen LogP contribution in [0.5, 0.6) is 5.75 Å². The predicted molar refractivity (Wildman–Crippen MR) is 172 cm³/mol. The van der Waals surface area contributed by atoms with E-state index in [2.05, 4.69) is 5.32 Å². The van der Waals surface area contributed by atoms with Crippen molar-refractivity contribution in [3.05, 3.63) is 41.6 Å². The van der Waals surface area contributed by atoms with Gasteiger partial charge in [-0.3, -0.25) is 9.59 Å². The first-order valence-electron chi connectivity index (χ1n) is 17.6. The zero-order valence-electron chi connectivity index (χ0n) is 29.6. The molecule has 5 atom stereocenters. The summed E-state index contributed by atoms with van der Waals surface area (Å²) in [5.41, 5.74) is 8.83. The molecule has 3 aliphatic rings. The van der Waals surface area contributed by atoms with Crippen LogP contribution in [0.3, 0.4) is 0 Å². The minimum absolute atomic E-state index is 0.0642. The van der Waals surface area contributed by atoms with Gasteiger partial charge >= 0.3 is 0 Å². The SMILES string of the molecule is [2H]C([2H])([2H])O[C@@H]1CCN(C(=O)c2cc(OC)c3c(c2)nc(-c2cc4ccc5nc4n2CC(F)(F)CCC[C@@H]2C[C@H]2C(=O)N[C@@H]5C)n3C)C[C@@H]1N. The highest BCUT2D eigenvalue weighted by atomic mass is 19.3. The number of alkyl halides is 2. The van der Waals surface area contributed by atoms with Gasteiger partial charge in [0.15, 0.2) is 5.82 Å². The quantitative estimate of drug-likeness (QED) is 0.334. The first-order chi connectivity index (χ1) is 23.6. The summed E-state index contributed by atoms with van der Waals surface area (Å²) >= 11 is 0. The third-order valence-electron chi connectivity index (χ3n) is 10.00. The molecule has 0 unspecified atom stereocenters. The van der Waals surface area contributed by atoms with Crippen molar-refractivity contribution < 1.29 is 32.0 Å².